The molecule has 0 atom stereocenters. The Morgan fingerprint density at radius 1 is 1.09 bits per heavy atom. The summed E-state index contributed by atoms with van der Waals surface area (Å²) < 4.78 is 5.64. The van der Waals surface area contributed by atoms with Gasteiger partial charge in [0.1, 0.15) is 0 Å². The first-order valence-electron chi connectivity index (χ1n) is 12.1. The van der Waals surface area contributed by atoms with E-state index in [-0.39, 0.29) is 29.9 Å². The first-order valence-corrected chi connectivity index (χ1v) is 12.1. The molecule has 2 aliphatic rings. The van der Waals surface area contributed by atoms with Crippen LogP contribution >= 0.6 is 24.0 Å². The molecule has 1 aromatic carbocycles. The SMILES string of the molecule is CCNC(=NCc1ccc(CN2CCCC2=O)cc1)NCC1(CCOCC)CCCC1.I. The summed E-state index contributed by atoms with van der Waals surface area (Å²) >= 11 is 0. The zero-order chi connectivity index (χ0) is 21.9. The minimum Gasteiger partial charge on any atom is -0.382 e. The molecule has 2 fully saturated rings. The maximum absolute atomic E-state index is 11.8. The fourth-order valence-corrected chi connectivity index (χ4v) is 4.70. The highest BCUT2D eigenvalue weighted by Crippen LogP contribution is 2.40. The number of benzene rings is 1. The normalized spacial score (nSPS) is 18.0. The first-order chi connectivity index (χ1) is 15.1. The Morgan fingerprint density at radius 2 is 1.81 bits per heavy atom. The number of ether oxygens (including phenoxy) is 1. The number of guanidine groups is 1. The van der Waals surface area contributed by atoms with E-state index in [4.69, 9.17) is 9.73 Å². The largest absolute Gasteiger partial charge is 0.382 e. The summed E-state index contributed by atoms with van der Waals surface area (Å²) in [6.45, 7) is 9.85. The van der Waals surface area contributed by atoms with Gasteiger partial charge >= 0.3 is 0 Å². The van der Waals surface area contributed by atoms with E-state index >= 15 is 0 Å². The van der Waals surface area contributed by atoms with Gasteiger partial charge < -0.3 is 20.3 Å². The van der Waals surface area contributed by atoms with Gasteiger partial charge in [0.15, 0.2) is 5.96 Å². The van der Waals surface area contributed by atoms with Crippen molar-refractivity contribution in [2.24, 2.45) is 10.4 Å². The monoisotopic (exact) mass is 556 g/mol. The van der Waals surface area contributed by atoms with Crippen LogP contribution in [0.5, 0.6) is 0 Å². The molecule has 180 valence electrons. The smallest absolute Gasteiger partial charge is 0.222 e. The van der Waals surface area contributed by atoms with E-state index in [1.165, 1.54) is 36.8 Å². The minimum atomic E-state index is 0. The van der Waals surface area contributed by atoms with E-state index in [1.807, 2.05) is 4.90 Å². The van der Waals surface area contributed by atoms with Gasteiger partial charge in [0.25, 0.3) is 0 Å². The van der Waals surface area contributed by atoms with E-state index < -0.39 is 0 Å². The van der Waals surface area contributed by atoms with Crippen molar-refractivity contribution in [1.29, 1.82) is 0 Å². The van der Waals surface area contributed by atoms with Crippen LogP contribution in [0.3, 0.4) is 0 Å². The third kappa shape index (κ3) is 8.21. The molecule has 3 rings (SSSR count). The van der Waals surface area contributed by atoms with Crippen LogP contribution in [0.25, 0.3) is 0 Å². The molecule has 0 unspecified atom stereocenters. The van der Waals surface area contributed by atoms with Crippen molar-refractivity contribution in [1.82, 2.24) is 15.5 Å². The number of likely N-dealkylation sites (tertiary alicyclic amines) is 1. The molecule has 1 saturated heterocycles. The molecule has 2 N–H and O–H groups in total. The predicted molar refractivity (Wildman–Crippen MR) is 141 cm³/mol. The van der Waals surface area contributed by atoms with Crippen molar-refractivity contribution < 1.29 is 9.53 Å². The van der Waals surface area contributed by atoms with Crippen molar-refractivity contribution in [2.45, 2.75) is 71.9 Å². The van der Waals surface area contributed by atoms with E-state index in [0.717, 1.165) is 58.2 Å². The van der Waals surface area contributed by atoms with Gasteiger partial charge in [0.2, 0.25) is 5.91 Å². The summed E-state index contributed by atoms with van der Waals surface area (Å²) in [6, 6.07) is 8.50. The fourth-order valence-electron chi connectivity index (χ4n) is 4.70. The molecular formula is C25H41IN4O2. The maximum atomic E-state index is 11.8. The zero-order valence-electron chi connectivity index (χ0n) is 19.8. The number of nitrogens with one attached hydrogen (secondary N) is 2. The Kier molecular flexibility index (Phi) is 11.8. The van der Waals surface area contributed by atoms with E-state index in [0.29, 0.717) is 18.4 Å². The van der Waals surface area contributed by atoms with Crippen molar-refractivity contribution in [3.8, 4) is 0 Å². The number of hydrogen-bond donors (Lipinski definition) is 2. The summed E-state index contributed by atoms with van der Waals surface area (Å²) in [6.07, 6.45) is 7.97. The lowest BCUT2D eigenvalue weighted by molar-refractivity contribution is -0.128. The number of halogens is 1. The Morgan fingerprint density at radius 3 is 2.44 bits per heavy atom. The van der Waals surface area contributed by atoms with Crippen molar-refractivity contribution in [2.75, 3.05) is 32.8 Å². The summed E-state index contributed by atoms with van der Waals surface area (Å²) in [5, 5.41) is 6.99. The number of carbonyl (C=O) groups excluding carboxylic acids is 1. The molecular weight excluding hydrogens is 515 g/mol. The molecule has 6 nitrogen and oxygen atoms in total. The number of rotatable bonds is 11. The Bertz CT molecular complexity index is 717. The molecule has 0 spiro atoms. The quantitative estimate of drug-likeness (QED) is 0.183. The Labute approximate surface area is 211 Å². The zero-order valence-corrected chi connectivity index (χ0v) is 22.2. The van der Waals surface area contributed by atoms with E-state index in [1.54, 1.807) is 0 Å². The summed E-state index contributed by atoms with van der Waals surface area (Å²) in [5.74, 6) is 1.16. The summed E-state index contributed by atoms with van der Waals surface area (Å²) in [4.78, 5) is 18.6. The van der Waals surface area contributed by atoms with Gasteiger partial charge in [-0.25, -0.2) is 4.99 Å². The summed E-state index contributed by atoms with van der Waals surface area (Å²) in [7, 11) is 0. The van der Waals surface area contributed by atoms with Gasteiger partial charge in [-0.2, -0.15) is 0 Å². The molecule has 1 saturated carbocycles. The average Bonchev–Trinajstić information content (AvgIpc) is 3.41. The second-order valence-electron chi connectivity index (χ2n) is 8.94. The number of nitrogens with zero attached hydrogens (tertiary/aromatic N) is 2. The van der Waals surface area contributed by atoms with Crippen LogP contribution in [0.4, 0.5) is 0 Å². The Balaban J connectivity index is 0.00000363. The third-order valence-electron chi connectivity index (χ3n) is 6.61. The van der Waals surface area contributed by atoms with Gasteiger partial charge in [-0.1, -0.05) is 37.1 Å². The van der Waals surface area contributed by atoms with Gasteiger partial charge in [0.05, 0.1) is 6.54 Å². The number of amides is 1. The molecule has 7 heteroatoms. The van der Waals surface area contributed by atoms with Crippen LogP contribution in [-0.2, 0) is 22.6 Å². The fraction of sp³-hybridized carbons (Fsp3) is 0.680. The van der Waals surface area contributed by atoms with Gasteiger partial charge in [-0.3, -0.25) is 4.79 Å². The molecule has 0 aromatic heterocycles. The van der Waals surface area contributed by atoms with Crippen LogP contribution in [0.1, 0.15) is 69.9 Å². The second kappa shape index (κ2) is 14.0. The highest BCUT2D eigenvalue weighted by Gasteiger charge is 2.33. The van der Waals surface area contributed by atoms with Crippen LogP contribution in [0.2, 0.25) is 0 Å². The van der Waals surface area contributed by atoms with Gasteiger partial charge in [-0.15, -0.1) is 24.0 Å². The number of carbonyl (C=O) groups is 1. The molecule has 1 heterocycles. The molecule has 1 aliphatic heterocycles. The maximum Gasteiger partial charge on any atom is 0.222 e. The number of aliphatic imine (C=N–C) groups is 1. The van der Waals surface area contributed by atoms with Crippen molar-refractivity contribution >= 4 is 35.8 Å². The van der Waals surface area contributed by atoms with Crippen LogP contribution in [0, 0.1) is 5.41 Å². The first kappa shape index (κ1) is 26.9. The number of hydrogen-bond acceptors (Lipinski definition) is 3. The molecule has 0 bridgehead atoms. The lowest BCUT2D eigenvalue weighted by Crippen LogP contribution is -2.43. The van der Waals surface area contributed by atoms with Crippen LogP contribution < -0.4 is 10.6 Å². The van der Waals surface area contributed by atoms with Gasteiger partial charge in [-0.05, 0) is 56.1 Å². The highest BCUT2D eigenvalue weighted by molar-refractivity contribution is 14.0. The van der Waals surface area contributed by atoms with Gasteiger partial charge in [0, 0.05) is 45.8 Å². The van der Waals surface area contributed by atoms with E-state index in [9.17, 15) is 4.79 Å². The third-order valence-corrected chi connectivity index (χ3v) is 6.61. The molecule has 32 heavy (non-hydrogen) atoms. The van der Waals surface area contributed by atoms with Crippen LogP contribution in [0.15, 0.2) is 29.3 Å². The topological polar surface area (TPSA) is 66.0 Å². The molecule has 0 radical (unpaired) electrons. The van der Waals surface area contributed by atoms with Crippen LogP contribution in [-0.4, -0.2) is 49.6 Å². The van der Waals surface area contributed by atoms with E-state index in [2.05, 4.69) is 48.7 Å². The minimum absolute atomic E-state index is 0. The second-order valence-corrected chi connectivity index (χ2v) is 8.94. The molecule has 1 amide bonds. The van der Waals surface area contributed by atoms with Crippen molar-refractivity contribution in [3.63, 3.8) is 0 Å². The predicted octanol–water partition coefficient (Wildman–Crippen LogP) is 4.47. The molecule has 1 aliphatic carbocycles. The van der Waals surface area contributed by atoms with Crippen molar-refractivity contribution in [3.05, 3.63) is 35.4 Å². The standard InChI is InChI=1S/C25H40N4O2.HI/c1-3-26-24(28-20-25(13-5-6-14-25)15-17-31-4-2)27-18-21-9-11-22(12-10-21)19-29-16-7-8-23(29)30;/h9-12H,3-8,13-20H2,1-2H3,(H2,26,27,28);1H. The summed E-state index contributed by atoms with van der Waals surface area (Å²) in [5.41, 5.74) is 2.70. The highest BCUT2D eigenvalue weighted by atomic mass is 127. The lowest BCUT2D eigenvalue weighted by Gasteiger charge is -2.30. The Hall–Kier alpha value is -1.35. The average molecular weight is 557 g/mol. The lowest BCUT2D eigenvalue weighted by atomic mass is 9.83. The molecule has 1 aromatic rings.